The lowest BCUT2D eigenvalue weighted by Gasteiger charge is -2.34. The van der Waals surface area contributed by atoms with E-state index >= 15 is 0 Å². The standard InChI is InChI=1S/C21H23ClF3N5O2/c22-18-4-3-16(12-17(18)21(23,24)25)28-19(31)14-29-8-10-30(11-9-29)20(32)27-7-5-15-2-1-6-26-13-15/h1-4,6,12-13H,5,7-11,14H2,(H,27,32)(H,28,31). The number of hydrogen-bond acceptors (Lipinski definition) is 4. The van der Waals surface area contributed by atoms with Crippen molar-refractivity contribution in [3.05, 3.63) is 58.9 Å². The van der Waals surface area contributed by atoms with Gasteiger partial charge >= 0.3 is 12.2 Å². The molecule has 2 N–H and O–H groups in total. The summed E-state index contributed by atoms with van der Waals surface area (Å²) in [6.45, 7) is 2.38. The summed E-state index contributed by atoms with van der Waals surface area (Å²) in [7, 11) is 0. The summed E-state index contributed by atoms with van der Waals surface area (Å²) in [6.07, 6.45) is -0.478. The second kappa shape index (κ2) is 10.6. The summed E-state index contributed by atoms with van der Waals surface area (Å²) < 4.78 is 38.9. The van der Waals surface area contributed by atoms with Crippen LogP contribution in [-0.4, -0.2) is 66.0 Å². The topological polar surface area (TPSA) is 77.6 Å². The van der Waals surface area contributed by atoms with Crippen LogP contribution in [0.1, 0.15) is 11.1 Å². The zero-order valence-corrected chi connectivity index (χ0v) is 17.9. The number of benzene rings is 1. The molecule has 7 nitrogen and oxygen atoms in total. The average Bonchev–Trinajstić information content (AvgIpc) is 2.75. The van der Waals surface area contributed by atoms with Crippen molar-refractivity contribution in [3.8, 4) is 0 Å². The SMILES string of the molecule is O=C(CN1CCN(C(=O)NCCc2cccnc2)CC1)Nc1ccc(Cl)c(C(F)(F)F)c1. The van der Waals surface area contributed by atoms with Gasteiger partial charge in [0.15, 0.2) is 0 Å². The fourth-order valence-electron chi connectivity index (χ4n) is 3.30. The van der Waals surface area contributed by atoms with Crippen molar-refractivity contribution in [2.45, 2.75) is 12.6 Å². The van der Waals surface area contributed by atoms with E-state index in [1.54, 1.807) is 17.3 Å². The van der Waals surface area contributed by atoms with Gasteiger partial charge in [0.25, 0.3) is 0 Å². The summed E-state index contributed by atoms with van der Waals surface area (Å²) in [4.78, 5) is 32.1. The molecule has 1 aliphatic rings. The van der Waals surface area contributed by atoms with Crippen molar-refractivity contribution in [1.29, 1.82) is 0 Å². The number of nitrogens with zero attached hydrogens (tertiary/aromatic N) is 3. The van der Waals surface area contributed by atoms with Crippen LogP contribution in [0, 0.1) is 0 Å². The number of aromatic nitrogens is 1. The first-order valence-corrected chi connectivity index (χ1v) is 10.4. The Morgan fingerprint density at radius 3 is 2.53 bits per heavy atom. The second-order valence-electron chi connectivity index (χ2n) is 7.35. The lowest BCUT2D eigenvalue weighted by molar-refractivity contribution is -0.137. The van der Waals surface area contributed by atoms with Crippen LogP contribution in [-0.2, 0) is 17.4 Å². The fraction of sp³-hybridized carbons (Fsp3) is 0.381. The number of pyridine rings is 1. The quantitative estimate of drug-likeness (QED) is 0.681. The van der Waals surface area contributed by atoms with Gasteiger partial charge in [-0.2, -0.15) is 13.2 Å². The van der Waals surface area contributed by atoms with Gasteiger partial charge in [0.1, 0.15) is 0 Å². The minimum Gasteiger partial charge on any atom is -0.338 e. The first kappa shape index (κ1) is 23.8. The van der Waals surface area contributed by atoms with Crippen LogP contribution in [0.5, 0.6) is 0 Å². The van der Waals surface area contributed by atoms with E-state index in [2.05, 4.69) is 15.6 Å². The smallest absolute Gasteiger partial charge is 0.338 e. The van der Waals surface area contributed by atoms with Crippen LogP contribution in [0.3, 0.4) is 0 Å². The maximum atomic E-state index is 13.0. The van der Waals surface area contributed by atoms with E-state index < -0.39 is 22.7 Å². The van der Waals surface area contributed by atoms with Crippen LogP contribution in [0.25, 0.3) is 0 Å². The molecule has 2 aromatic rings. The van der Waals surface area contributed by atoms with E-state index in [0.29, 0.717) is 39.1 Å². The highest BCUT2D eigenvalue weighted by molar-refractivity contribution is 6.31. The van der Waals surface area contributed by atoms with E-state index in [9.17, 15) is 22.8 Å². The molecule has 0 spiro atoms. The third-order valence-electron chi connectivity index (χ3n) is 4.99. The number of rotatable bonds is 6. The third kappa shape index (κ3) is 6.83. The molecule has 1 aromatic heterocycles. The zero-order valence-electron chi connectivity index (χ0n) is 17.2. The van der Waals surface area contributed by atoms with E-state index in [1.807, 2.05) is 17.0 Å². The van der Waals surface area contributed by atoms with Gasteiger partial charge in [-0.05, 0) is 36.2 Å². The molecule has 0 aliphatic carbocycles. The number of anilines is 1. The molecule has 0 radical (unpaired) electrons. The van der Waals surface area contributed by atoms with E-state index in [4.69, 9.17) is 11.6 Å². The van der Waals surface area contributed by atoms with Crippen LogP contribution in [0.4, 0.5) is 23.7 Å². The highest BCUT2D eigenvalue weighted by atomic mass is 35.5. The Balaban J connectivity index is 1.41. The maximum Gasteiger partial charge on any atom is 0.417 e. The molecule has 1 aromatic carbocycles. The Labute approximate surface area is 188 Å². The molecule has 0 atom stereocenters. The predicted molar refractivity (Wildman–Crippen MR) is 114 cm³/mol. The van der Waals surface area contributed by atoms with Crippen molar-refractivity contribution in [3.63, 3.8) is 0 Å². The highest BCUT2D eigenvalue weighted by Crippen LogP contribution is 2.36. The van der Waals surface area contributed by atoms with Gasteiger partial charge in [-0.25, -0.2) is 4.79 Å². The average molecular weight is 470 g/mol. The van der Waals surface area contributed by atoms with Crippen molar-refractivity contribution in [1.82, 2.24) is 20.1 Å². The zero-order chi connectivity index (χ0) is 23.1. The summed E-state index contributed by atoms with van der Waals surface area (Å²) in [5.41, 5.74) is 0.0603. The normalized spacial score (nSPS) is 14.8. The van der Waals surface area contributed by atoms with Gasteiger partial charge < -0.3 is 15.5 Å². The minimum absolute atomic E-state index is 0.0143. The van der Waals surface area contributed by atoms with Crippen LogP contribution >= 0.6 is 11.6 Å². The number of alkyl halides is 3. The summed E-state index contributed by atoms with van der Waals surface area (Å²) >= 11 is 5.59. The lowest BCUT2D eigenvalue weighted by atomic mass is 10.2. The number of carbonyl (C=O) groups is 2. The Morgan fingerprint density at radius 2 is 1.88 bits per heavy atom. The Morgan fingerprint density at radius 1 is 1.12 bits per heavy atom. The van der Waals surface area contributed by atoms with E-state index in [1.165, 1.54) is 6.07 Å². The third-order valence-corrected chi connectivity index (χ3v) is 5.32. The summed E-state index contributed by atoms with van der Waals surface area (Å²) in [5.74, 6) is -0.435. The minimum atomic E-state index is -4.60. The van der Waals surface area contributed by atoms with Crippen molar-refractivity contribution >= 4 is 29.2 Å². The Bertz CT molecular complexity index is 935. The first-order chi connectivity index (χ1) is 15.2. The molecular formula is C21H23ClF3N5O2. The highest BCUT2D eigenvalue weighted by Gasteiger charge is 2.33. The van der Waals surface area contributed by atoms with Crippen molar-refractivity contribution < 1.29 is 22.8 Å². The Hall–Kier alpha value is -2.85. The molecule has 3 rings (SSSR count). The van der Waals surface area contributed by atoms with Crippen LogP contribution < -0.4 is 10.6 Å². The fourth-order valence-corrected chi connectivity index (χ4v) is 3.53. The number of urea groups is 1. The predicted octanol–water partition coefficient (Wildman–Crippen LogP) is 3.26. The monoisotopic (exact) mass is 469 g/mol. The van der Waals surface area contributed by atoms with E-state index in [-0.39, 0.29) is 18.3 Å². The number of hydrogen-bond donors (Lipinski definition) is 2. The molecule has 1 aliphatic heterocycles. The van der Waals surface area contributed by atoms with Gasteiger partial charge in [0, 0.05) is 50.8 Å². The number of piperazine rings is 1. The second-order valence-corrected chi connectivity index (χ2v) is 7.75. The molecule has 3 amide bonds. The lowest BCUT2D eigenvalue weighted by Crippen LogP contribution is -2.53. The number of amides is 3. The van der Waals surface area contributed by atoms with Gasteiger partial charge in [0.2, 0.25) is 5.91 Å². The van der Waals surface area contributed by atoms with E-state index in [0.717, 1.165) is 17.7 Å². The molecule has 2 heterocycles. The van der Waals surface area contributed by atoms with Crippen molar-refractivity contribution in [2.75, 3.05) is 44.6 Å². The molecule has 32 heavy (non-hydrogen) atoms. The number of nitrogens with one attached hydrogen (secondary N) is 2. The molecule has 0 unspecified atom stereocenters. The molecule has 0 saturated carbocycles. The molecule has 0 bridgehead atoms. The van der Waals surface area contributed by atoms with Crippen LogP contribution in [0.15, 0.2) is 42.7 Å². The number of halogens is 4. The molecule has 1 fully saturated rings. The van der Waals surface area contributed by atoms with Gasteiger partial charge in [-0.15, -0.1) is 0 Å². The molecular weight excluding hydrogens is 447 g/mol. The van der Waals surface area contributed by atoms with Gasteiger partial charge in [-0.3, -0.25) is 14.7 Å². The van der Waals surface area contributed by atoms with Crippen LogP contribution in [0.2, 0.25) is 5.02 Å². The maximum absolute atomic E-state index is 13.0. The van der Waals surface area contributed by atoms with Gasteiger partial charge in [-0.1, -0.05) is 17.7 Å². The molecule has 11 heteroatoms. The van der Waals surface area contributed by atoms with Crippen molar-refractivity contribution in [2.24, 2.45) is 0 Å². The summed E-state index contributed by atoms with van der Waals surface area (Å²) in [6, 6.07) is 6.85. The first-order valence-electron chi connectivity index (χ1n) is 10.0. The summed E-state index contributed by atoms with van der Waals surface area (Å²) in [5, 5.41) is 4.91. The largest absolute Gasteiger partial charge is 0.417 e. The molecule has 1 saturated heterocycles. The number of carbonyl (C=O) groups excluding carboxylic acids is 2. The molecule has 172 valence electrons. The Kier molecular flexibility index (Phi) is 7.92. The van der Waals surface area contributed by atoms with Gasteiger partial charge in [0.05, 0.1) is 17.1 Å².